The third-order valence-electron chi connectivity index (χ3n) is 1.65. The summed E-state index contributed by atoms with van der Waals surface area (Å²) in [7, 11) is 0. The number of hydrogen-bond donors (Lipinski definition) is 1. The maximum absolute atomic E-state index is 11.8. The van der Waals surface area contributed by atoms with Crippen LogP contribution >= 0.6 is 0 Å². The number of para-hydroxylation sites is 1. The highest BCUT2D eigenvalue weighted by atomic mass is 19.1. The summed E-state index contributed by atoms with van der Waals surface area (Å²) in [6.07, 6.45) is 0.272. The molecule has 0 bridgehead atoms. The molecule has 0 amide bonds. The number of benzene rings is 1. The quantitative estimate of drug-likeness (QED) is 0.737. The lowest BCUT2D eigenvalue weighted by atomic mass is 10.2. The minimum Gasteiger partial charge on any atom is -0.493 e. The Hall–Kier alpha value is -1.58. The van der Waals surface area contributed by atoms with Gasteiger partial charge in [0.05, 0.1) is 13.3 Å². The van der Waals surface area contributed by atoms with E-state index in [-0.39, 0.29) is 24.3 Å². The van der Waals surface area contributed by atoms with Gasteiger partial charge in [0, 0.05) is 6.42 Å². The number of carboxylic acid groups (broad SMARTS) is 1. The van der Waals surface area contributed by atoms with Crippen LogP contribution in [0.3, 0.4) is 0 Å². The summed E-state index contributed by atoms with van der Waals surface area (Å²) in [6.45, 7) is -0.268. The third kappa shape index (κ3) is 2.73. The van der Waals surface area contributed by atoms with Gasteiger partial charge in [-0.05, 0) is 12.1 Å². The molecule has 0 aliphatic rings. The molecule has 0 saturated heterocycles. The van der Waals surface area contributed by atoms with E-state index in [0.29, 0.717) is 0 Å². The highest BCUT2D eigenvalue weighted by Crippen LogP contribution is 2.17. The Labute approximate surface area is 81.1 Å². The molecule has 1 N–H and O–H groups in total. The Morgan fingerprint density at radius 1 is 1.43 bits per heavy atom. The van der Waals surface area contributed by atoms with E-state index in [1.54, 1.807) is 18.2 Å². The van der Waals surface area contributed by atoms with Gasteiger partial charge >= 0.3 is 5.97 Å². The highest BCUT2D eigenvalue weighted by molar-refractivity contribution is 5.90. The second-order valence-electron chi connectivity index (χ2n) is 2.69. The van der Waals surface area contributed by atoms with Crippen molar-refractivity contribution in [2.24, 2.45) is 0 Å². The summed E-state index contributed by atoms with van der Waals surface area (Å²) in [5.41, 5.74) is 0.103. The number of ether oxygens (including phenoxy) is 1. The second kappa shape index (κ2) is 5.21. The summed E-state index contributed by atoms with van der Waals surface area (Å²) in [5.74, 6) is -0.755. The van der Waals surface area contributed by atoms with Crippen molar-refractivity contribution in [3.63, 3.8) is 0 Å². The molecule has 14 heavy (non-hydrogen) atoms. The molecule has 0 spiro atoms. The van der Waals surface area contributed by atoms with Crippen molar-refractivity contribution in [1.82, 2.24) is 0 Å². The zero-order valence-electron chi connectivity index (χ0n) is 7.57. The van der Waals surface area contributed by atoms with Crippen molar-refractivity contribution in [1.29, 1.82) is 0 Å². The molecule has 1 rings (SSSR count). The lowest BCUT2D eigenvalue weighted by Gasteiger charge is -2.07. The largest absolute Gasteiger partial charge is 0.493 e. The molecule has 3 nitrogen and oxygen atoms in total. The van der Waals surface area contributed by atoms with Crippen molar-refractivity contribution in [2.45, 2.75) is 6.42 Å². The maximum Gasteiger partial charge on any atom is 0.339 e. The summed E-state index contributed by atoms with van der Waals surface area (Å²) < 4.78 is 16.9. The Morgan fingerprint density at radius 2 is 2.14 bits per heavy atom. The highest BCUT2D eigenvalue weighted by Gasteiger charge is 2.09. The molecule has 0 heterocycles. The number of carbonyl (C=O) groups is 1. The number of halogens is 1. The van der Waals surface area contributed by atoms with Crippen LogP contribution in [0.15, 0.2) is 24.3 Å². The van der Waals surface area contributed by atoms with E-state index in [2.05, 4.69) is 0 Å². The van der Waals surface area contributed by atoms with Crippen LogP contribution in [-0.2, 0) is 0 Å². The van der Waals surface area contributed by atoms with Crippen molar-refractivity contribution in [3.05, 3.63) is 29.8 Å². The second-order valence-corrected chi connectivity index (χ2v) is 2.69. The van der Waals surface area contributed by atoms with E-state index in [1.165, 1.54) is 6.07 Å². The maximum atomic E-state index is 11.8. The Balaban J connectivity index is 2.69. The minimum atomic E-state index is -1.04. The molecular weight excluding hydrogens is 187 g/mol. The molecule has 0 atom stereocenters. The minimum absolute atomic E-state index is 0.103. The van der Waals surface area contributed by atoms with Crippen LogP contribution in [-0.4, -0.2) is 24.4 Å². The van der Waals surface area contributed by atoms with Crippen molar-refractivity contribution in [2.75, 3.05) is 13.3 Å². The van der Waals surface area contributed by atoms with Crippen LogP contribution in [0.1, 0.15) is 16.8 Å². The van der Waals surface area contributed by atoms with Crippen LogP contribution in [0, 0.1) is 0 Å². The number of alkyl halides is 1. The first-order valence-electron chi connectivity index (χ1n) is 4.27. The molecule has 1 aromatic rings. The third-order valence-corrected chi connectivity index (χ3v) is 1.65. The molecule has 4 heteroatoms. The van der Waals surface area contributed by atoms with E-state index in [0.717, 1.165) is 0 Å². The van der Waals surface area contributed by atoms with E-state index >= 15 is 0 Å². The molecular formula is C10H11FO3. The number of hydrogen-bond acceptors (Lipinski definition) is 2. The van der Waals surface area contributed by atoms with E-state index in [1.807, 2.05) is 0 Å². The molecule has 0 aliphatic heterocycles. The number of rotatable bonds is 5. The van der Waals surface area contributed by atoms with Crippen LogP contribution in [0.5, 0.6) is 5.75 Å². The lowest BCUT2D eigenvalue weighted by Crippen LogP contribution is -2.04. The monoisotopic (exact) mass is 198 g/mol. The van der Waals surface area contributed by atoms with Gasteiger partial charge in [-0.15, -0.1) is 0 Å². The summed E-state index contributed by atoms with van der Waals surface area (Å²) in [6, 6.07) is 6.30. The van der Waals surface area contributed by atoms with Gasteiger partial charge in [-0.1, -0.05) is 12.1 Å². The van der Waals surface area contributed by atoms with Gasteiger partial charge in [-0.2, -0.15) is 0 Å². The fourth-order valence-electron chi connectivity index (χ4n) is 1.01. The van der Waals surface area contributed by atoms with Gasteiger partial charge in [0.2, 0.25) is 0 Å². The predicted octanol–water partition coefficient (Wildman–Crippen LogP) is 2.12. The standard InChI is InChI=1S/C10H11FO3/c11-6-3-7-14-9-5-2-1-4-8(9)10(12)13/h1-2,4-5H,3,6-7H2,(H,12,13). The fraction of sp³-hybridized carbons (Fsp3) is 0.300. The predicted molar refractivity (Wildman–Crippen MR) is 49.5 cm³/mol. The SMILES string of the molecule is O=C(O)c1ccccc1OCCCF. The van der Waals surface area contributed by atoms with Crippen LogP contribution in [0.2, 0.25) is 0 Å². The average Bonchev–Trinajstić information content (AvgIpc) is 2.19. The molecule has 0 aliphatic carbocycles. The average molecular weight is 198 g/mol. The Bertz CT molecular complexity index is 312. The molecule has 0 fully saturated rings. The van der Waals surface area contributed by atoms with Crippen molar-refractivity contribution >= 4 is 5.97 Å². The van der Waals surface area contributed by atoms with E-state index < -0.39 is 12.6 Å². The van der Waals surface area contributed by atoms with Gasteiger partial charge in [0.15, 0.2) is 0 Å². The molecule has 76 valence electrons. The first-order chi connectivity index (χ1) is 6.75. The van der Waals surface area contributed by atoms with Gasteiger partial charge < -0.3 is 9.84 Å². The van der Waals surface area contributed by atoms with Crippen molar-refractivity contribution < 1.29 is 19.0 Å². The molecule has 0 saturated carbocycles. The normalized spacial score (nSPS) is 9.79. The van der Waals surface area contributed by atoms with Gasteiger partial charge in [0.1, 0.15) is 11.3 Å². The topological polar surface area (TPSA) is 46.5 Å². The summed E-state index contributed by atoms with van der Waals surface area (Å²) in [5, 5.41) is 8.77. The first kappa shape index (κ1) is 10.5. The van der Waals surface area contributed by atoms with Crippen LogP contribution in [0.25, 0.3) is 0 Å². The molecule has 0 radical (unpaired) electrons. The Morgan fingerprint density at radius 3 is 2.79 bits per heavy atom. The number of carboxylic acids is 1. The van der Waals surface area contributed by atoms with Crippen molar-refractivity contribution in [3.8, 4) is 5.75 Å². The zero-order chi connectivity index (χ0) is 10.4. The van der Waals surface area contributed by atoms with Crippen LogP contribution < -0.4 is 4.74 Å². The summed E-state index contributed by atoms with van der Waals surface area (Å²) >= 11 is 0. The van der Waals surface area contributed by atoms with Gasteiger partial charge in [-0.3, -0.25) is 4.39 Å². The first-order valence-corrected chi connectivity index (χ1v) is 4.27. The molecule has 1 aromatic carbocycles. The van der Waals surface area contributed by atoms with Gasteiger partial charge in [0.25, 0.3) is 0 Å². The fourth-order valence-corrected chi connectivity index (χ4v) is 1.01. The Kier molecular flexibility index (Phi) is 3.91. The van der Waals surface area contributed by atoms with E-state index in [4.69, 9.17) is 9.84 Å². The number of aromatic carboxylic acids is 1. The van der Waals surface area contributed by atoms with Crippen LogP contribution in [0.4, 0.5) is 4.39 Å². The van der Waals surface area contributed by atoms with Gasteiger partial charge in [-0.25, -0.2) is 4.79 Å². The zero-order valence-corrected chi connectivity index (χ0v) is 7.57. The lowest BCUT2D eigenvalue weighted by molar-refractivity contribution is 0.0692. The molecule has 0 unspecified atom stereocenters. The smallest absolute Gasteiger partial charge is 0.339 e. The van der Waals surface area contributed by atoms with E-state index in [9.17, 15) is 9.18 Å². The summed E-state index contributed by atoms with van der Waals surface area (Å²) in [4.78, 5) is 10.7. The molecule has 0 aromatic heterocycles.